The van der Waals surface area contributed by atoms with E-state index in [-0.39, 0.29) is 17.1 Å². The molecule has 0 aliphatic carbocycles. The van der Waals surface area contributed by atoms with Crippen LogP contribution < -0.4 is 10.9 Å². The Balaban J connectivity index is 0.00000392. The number of thiazole rings is 1. The third-order valence-electron chi connectivity index (χ3n) is 3.57. The SMILES string of the molecule is CN=C([S-])N/N=C(C)/C(CCCc1nc2ccccc2s1)=N/NC([S-])=NC.[Cu+2]. The number of nitrogens with one attached hydrogen (secondary N) is 2. The van der Waals surface area contributed by atoms with Crippen molar-refractivity contribution in [3.05, 3.63) is 29.3 Å². The van der Waals surface area contributed by atoms with Gasteiger partial charge in [-0.2, -0.15) is 10.2 Å². The molecule has 0 saturated heterocycles. The van der Waals surface area contributed by atoms with Crippen LogP contribution in [0.3, 0.4) is 0 Å². The summed E-state index contributed by atoms with van der Waals surface area (Å²) < 4.78 is 1.21. The van der Waals surface area contributed by atoms with Gasteiger partial charge in [0.1, 0.15) is 0 Å². The Labute approximate surface area is 190 Å². The summed E-state index contributed by atoms with van der Waals surface area (Å²) >= 11 is 11.7. The molecule has 0 spiro atoms. The van der Waals surface area contributed by atoms with Crippen molar-refractivity contribution in [3.8, 4) is 0 Å². The molecule has 28 heavy (non-hydrogen) atoms. The Kier molecular flexibility index (Phi) is 11.1. The maximum Gasteiger partial charge on any atom is 2.00 e. The molecule has 2 N–H and O–H groups in total. The largest absolute Gasteiger partial charge is 2.00 e. The molecule has 1 aromatic heterocycles. The van der Waals surface area contributed by atoms with Crippen LogP contribution in [0.2, 0.25) is 0 Å². The smallest absolute Gasteiger partial charge is 0.741 e. The monoisotopic (exact) mass is 482 g/mol. The number of rotatable bonds is 7. The summed E-state index contributed by atoms with van der Waals surface area (Å²) in [4.78, 5) is 12.4. The first-order valence-corrected chi connectivity index (χ1v) is 9.92. The van der Waals surface area contributed by atoms with E-state index in [9.17, 15) is 0 Å². The van der Waals surface area contributed by atoms with Crippen molar-refractivity contribution in [1.29, 1.82) is 0 Å². The fraction of sp³-hybridized carbons (Fsp3) is 0.353. The number of amidine groups is 2. The molecule has 0 amide bonds. The number of aryl methyl sites for hydroxylation is 1. The van der Waals surface area contributed by atoms with Gasteiger partial charge in [0.15, 0.2) is 0 Å². The number of fused-ring (bicyclic) bond motifs is 1. The standard InChI is InChI=1S/C17H23N7S3.Cu/c1-11(21-23-16(25)18-2)12(22-24-17(26)19-3)8-6-10-15-20-13-7-4-5-9-14(13)27-15;/h4-5,7,9H,6,8,10H2,1-3H3,(H2,18,23,25)(H2,19,24,26);/q;+2/p-2/b21-11+,22-12+;. The van der Waals surface area contributed by atoms with E-state index in [1.54, 1.807) is 25.4 Å². The zero-order chi connectivity index (χ0) is 19.6. The summed E-state index contributed by atoms with van der Waals surface area (Å²) in [5, 5.41) is 10.3. The molecule has 1 aromatic carbocycles. The molecule has 0 unspecified atom stereocenters. The van der Waals surface area contributed by atoms with Crippen LogP contribution in [0.4, 0.5) is 0 Å². The normalized spacial score (nSPS) is 13.4. The third-order valence-corrected chi connectivity index (χ3v) is 5.22. The second-order valence-electron chi connectivity index (χ2n) is 5.47. The topological polar surface area (TPSA) is 86.4 Å². The van der Waals surface area contributed by atoms with Crippen molar-refractivity contribution in [2.75, 3.05) is 14.1 Å². The predicted octanol–water partition coefficient (Wildman–Crippen LogP) is 2.59. The fourth-order valence-electron chi connectivity index (χ4n) is 2.16. The van der Waals surface area contributed by atoms with E-state index in [1.165, 1.54) is 4.70 Å². The van der Waals surface area contributed by atoms with Gasteiger partial charge in [-0.05, 0) is 48.7 Å². The minimum atomic E-state index is 0. The minimum Gasteiger partial charge on any atom is -0.741 e. The molecule has 2 aromatic rings. The molecule has 0 saturated carbocycles. The average molecular weight is 483 g/mol. The predicted molar refractivity (Wildman–Crippen MR) is 121 cm³/mol. The van der Waals surface area contributed by atoms with Gasteiger partial charge in [0.25, 0.3) is 0 Å². The van der Waals surface area contributed by atoms with Crippen molar-refractivity contribution in [3.63, 3.8) is 0 Å². The maximum absolute atomic E-state index is 5.03. The molecule has 0 aliphatic rings. The summed E-state index contributed by atoms with van der Waals surface area (Å²) in [5.74, 6) is 0. The van der Waals surface area contributed by atoms with Gasteiger partial charge in [0, 0.05) is 14.1 Å². The molecular weight excluding hydrogens is 462 g/mol. The van der Waals surface area contributed by atoms with Crippen LogP contribution in [0.25, 0.3) is 10.2 Å². The molecule has 1 radical (unpaired) electrons. The van der Waals surface area contributed by atoms with Gasteiger partial charge in [-0.15, -0.1) is 11.3 Å². The first-order valence-electron chi connectivity index (χ1n) is 8.28. The second kappa shape index (κ2) is 12.7. The number of hydrogen-bond acceptors (Lipinski definition) is 8. The first kappa shape index (κ1) is 24.4. The van der Waals surface area contributed by atoms with Crippen LogP contribution in [0.1, 0.15) is 24.8 Å². The van der Waals surface area contributed by atoms with Crippen LogP contribution >= 0.6 is 11.3 Å². The first-order chi connectivity index (χ1) is 13.0. The summed E-state index contributed by atoms with van der Waals surface area (Å²) in [7, 11) is 3.22. The van der Waals surface area contributed by atoms with Gasteiger partial charge >= 0.3 is 17.1 Å². The van der Waals surface area contributed by atoms with E-state index >= 15 is 0 Å². The number of benzene rings is 1. The molecule has 7 nitrogen and oxygen atoms in total. The fourth-order valence-corrected chi connectivity index (χ4v) is 3.26. The van der Waals surface area contributed by atoms with Crippen LogP contribution in [0.15, 0.2) is 44.5 Å². The van der Waals surface area contributed by atoms with E-state index in [4.69, 9.17) is 25.3 Å². The van der Waals surface area contributed by atoms with Crippen molar-refractivity contribution in [2.24, 2.45) is 20.2 Å². The van der Waals surface area contributed by atoms with Crippen molar-refractivity contribution < 1.29 is 17.1 Å². The summed E-state index contributed by atoms with van der Waals surface area (Å²) in [6, 6.07) is 8.16. The van der Waals surface area contributed by atoms with E-state index in [0.29, 0.717) is 22.5 Å². The Morgan fingerprint density at radius 3 is 2.36 bits per heavy atom. The van der Waals surface area contributed by atoms with E-state index in [2.05, 4.69) is 42.1 Å². The van der Waals surface area contributed by atoms with Gasteiger partial charge < -0.3 is 25.3 Å². The van der Waals surface area contributed by atoms with Crippen LogP contribution in [0, 0.1) is 0 Å². The minimum absolute atomic E-state index is 0. The molecule has 1 heterocycles. The second-order valence-corrected chi connectivity index (χ2v) is 7.35. The molecule has 0 aliphatic heterocycles. The van der Waals surface area contributed by atoms with E-state index in [1.807, 2.05) is 25.1 Å². The van der Waals surface area contributed by atoms with Crippen molar-refractivity contribution in [2.45, 2.75) is 26.2 Å². The molecular formula is C17H21CuN7S3. The van der Waals surface area contributed by atoms with Gasteiger partial charge in [0.2, 0.25) is 0 Å². The van der Waals surface area contributed by atoms with Crippen molar-refractivity contribution in [1.82, 2.24) is 15.8 Å². The summed E-state index contributed by atoms with van der Waals surface area (Å²) in [6.45, 7) is 1.86. The van der Waals surface area contributed by atoms with Crippen LogP contribution in [0.5, 0.6) is 0 Å². The quantitative estimate of drug-likeness (QED) is 0.208. The summed E-state index contributed by atoms with van der Waals surface area (Å²) in [5.41, 5.74) is 8.00. The molecule has 0 fully saturated rings. The van der Waals surface area contributed by atoms with Gasteiger partial charge in [-0.3, -0.25) is 20.8 Å². The Morgan fingerprint density at radius 1 is 1.07 bits per heavy atom. The molecule has 0 atom stereocenters. The Bertz CT molecular complexity index is 857. The molecule has 11 heteroatoms. The van der Waals surface area contributed by atoms with Gasteiger partial charge in [-0.1, -0.05) is 12.1 Å². The van der Waals surface area contributed by atoms with Crippen LogP contribution in [-0.4, -0.2) is 40.8 Å². The average Bonchev–Trinajstić information content (AvgIpc) is 3.10. The van der Waals surface area contributed by atoms with Crippen LogP contribution in [-0.2, 0) is 48.7 Å². The number of hydrogen-bond donors (Lipinski definition) is 2. The number of para-hydroxylation sites is 1. The van der Waals surface area contributed by atoms with E-state index in [0.717, 1.165) is 29.1 Å². The number of aliphatic imine (C=N–C) groups is 2. The Hall–Kier alpha value is -1.65. The maximum atomic E-state index is 5.03. The van der Waals surface area contributed by atoms with Crippen molar-refractivity contribution >= 4 is 68.6 Å². The number of aromatic nitrogens is 1. The third kappa shape index (κ3) is 7.76. The zero-order valence-electron chi connectivity index (χ0n) is 15.7. The molecule has 153 valence electrons. The molecule has 0 bridgehead atoms. The zero-order valence-corrected chi connectivity index (χ0v) is 19.1. The number of nitrogens with zero attached hydrogens (tertiary/aromatic N) is 5. The van der Waals surface area contributed by atoms with Gasteiger partial charge in [0.05, 0.1) is 26.6 Å². The number of hydrazone groups is 2. The summed E-state index contributed by atoms with van der Waals surface area (Å²) in [6.07, 6.45) is 2.46. The molecule has 2 rings (SSSR count). The van der Waals surface area contributed by atoms with E-state index < -0.39 is 0 Å². The Morgan fingerprint density at radius 2 is 1.71 bits per heavy atom. The van der Waals surface area contributed by atoms with Gasteiger partial charge in [-0.25, -0.2) is 4.98 Å².